The molecule has 0 saturated carbocycles. The van der Waals surface area contributed by atoms with Crippen molar-refractivity contribution in [2.75, 3.05) is 13.7 Å². The lowest BCUT2D eigenvalue weighted by molar-refractivity contribution is -0.301. The van der Waals surface area contributed by atoms with E-state index in [0.717, 1.165) is 16.7 Å². The molecule has 184 valence electrons. The fraction of sp³-hybridized carbons (Fsp3) is 0.321. The molecule has 0 radical (unpaired) electrons. The highest BCUT2D eigenvalue weighted by molar-refractivity contribution is 5.66. The molecule has 2 N–H and O–H groups in total. The number of aliphatic hydroxyl groups excluding tert-OH is 2. The summed E-state index contributed by atoms with van der Waals surface area (Å²) in [6, 6.07) is 29.4. The molecule has 3 aromatic carbocycles. The number of carbonyl (C=O) groups is 1. The molecule has 0 bridgehead atoms. The summed E-state index contributed by atoms with van der Waals surface area (Å²) in [6.07, 6.45) is -5.95. The van der Waals surface area contributed by atoms with Crippen molar-refractivity contribution in [2.45, 2.75) is 43.2 Å². The van der Waals surface area contributed by atoms with Crippen LogP contribution in [0.4, 0.5) is 0 Å². The van der Waals surface area contributed by atoms with Crippen LogP contribution in [0.5, 0.6) is 0 Å². The first-order valence-electron chi connectivity index (χ1n) is 11.5. The molecule has 4 rings (SSSR count). The van der Waals surface area contributed by atoms with E-state index < -0.39 is 42.3 Å². The maximum absolute atomic E-state index is 11.6. The summed E-state index contributed by atoms with van der Waals surface area (Å²) >= 11 is 0. The van der Waals surface area contributed by atoms with E-state index in [1.54, 1.807) is 0 Å². The van der Waals surface area contributed by atoms with Crippen LogP contribution in [0.2, 0.25) is 0 Å². The van der Waals surface area contributed by atoms with Crippen LogP contribution in [0.25, 0.3) is 0 Å². The summed E-state index contributed by atoms with van der Waals surface area (Å²) in [4.78, 5) is 11.6. The third-order valence-corrected chi connectivity index (χ3v) is 6.18. The quantitative estimate of drug-likeness (QED) is 0.380. The lowest BCUT2D eigenvalue weighted by Gasteiger charge is -2.43. The van der Waals surface area contributed by atoms with Crippen molar-refractivity contribution in [1.82, 2.24) is 0 Å². The van der Waals surface area contributed by atoms with E-state index in [1.165, 1.54) is 14.0 Å². The van der Waals surface area contributed by atoms with Gasteiger partial charge in [0.2, 0.25) is 0 Å². The molecule has 0 spiro atoms. The summed E-state index contributed by atoms with van der Waals surface area (Å²) in [5, 5.41) is 21.5. The maximum atomic E-state index is 11.6. The van der Waals surface area contributed by atoms with Crippen LogP contribution in [-0.4, -0.2) is 60.6 Å². The van der Waals surface area contributed by atoms with Gasteiger partial charge in [0.25, 0.3) is 0 Å². The molecule has 1 heterocycles. The molecule has 0 amide bonds. The Morgan fingerprint density at radius 1 is 0.829 bits per heavy atom. The number of rotatable bonds is 8. The van der Waals surface area contributed by atoms with Crippen LogP contribution in [0, 0.1) is 0 Å². The summed E-state index contributed by atoms with van der Waals surface area (Å²) in [6.45, 7) is 1.14. The third kappa shape index (κ3) is 5.15. The minimum absolute atomic E-state index is 0.0792. The van der Waals surface area contributed by atoms with Gasteiger partial charge >= 0.3 is 5.97 Å². The first-order valence-corrected chi connectivity index (χ1v) is 11.5. The Hall–Kier alpha value is -3.07. The molecule has 0 unspecified atom stereocenters. The predicted molar refractivity (Wildman–Crippen MR) is 128 cm³/mol. The largest absolute Gasteiger partial charge is 0.457 e. The van der Waals surface area contributed by atoms with Crippen molar-refractivity contribution < 1.29 is 34.0 Å². The van der Waals surface area contributed by atoms with Crippen LogP contribution in [-0.2, 0) is 29.3 Å². The van der Waals surface area contributed by atoms with Crippen molar-refractivity contribution in [1.29, 1.82) is 0 Å². The highest BCUT2D eigenvalue weighted by Gasteiger charge is 2.48. The van der Waals surface area contributed by atoms with Crippen LogP contribution in [0.15, 0.2) is 91.0 Å². The standard InChI is InChI=1S/C28H30O7/c1-19(29)34-26-24(30)23(35-27(32-2)25(26)31)18-33-28(20-12-6-3-7-13-20,21-14-8-4-9-15-21)22-16-10-5-11-17-22/h3-17,23-27,30-31H,18H2,1-2H3/t23-,24-,25-,26+,27-/m1/s1. The Morgan fingerprint density at radius 2 is 1.29 bits per heavy atom. The molecule has 5 atom stereocenters. The Kier molecular flexibility index (Phi) is 7.95. The van der Waals surface area contributed by atoms with Gasteiger partial charge in [-0.1, -0.05) is 91.0 Å². The van der Waals surface area contributed by atoms with Crippen LogP contribution in [0.3, 0.4) is 0 Å². The average Bonchev–Trinajstić information content (AvgIpc) is 2.90. The molecular weight excluding hydrogens is 448 g/mol. The molecule has 1 fully saturated rings. The minimum Gasteiger partial charge on any atom is -0.457 e. The molecule has 1 saturated heterocycles. The van der Waals surface area contributed by atoms with Gasteiger partial charge in [-0.15, -0.1) is 0 Å². The summed E-state index contributed by atoms with van der Waals surface area (Å²) in [5.74, 6) is -0.628. The smallest absolute Gasteiger partial charge is 0.303 e. The van der Waals surface area contributed by atoms with Crippen LogP contribution < -0.4 is 0 Å². The Balaban J connectivity index is 1.75. The van der Waals surface area contributed by atoms with Gasteiger partial charge in [0, 0.05) is 14.0 Å². The van der Waals surface area contributed by atoms with Crippen molar-refractivity contribution in [3.8, 4) is 0 Å². The van der Waals surface area contributed by atoms with Crippen molar-refractivity contribution in [3.63, 3.8) is 0 Å². The number of ether oxygens (including phenoxy) is 4. The van der Waals surface area contributed by atoms with E-state index in [2.05, 4.69) is 0 Å². The SMILES string of the molecule is CO[C@@H]1O[C@H](COC(c2ccccc2)(c2ccccc2)c2ccccc2)[C@@H](O)[C@H](OC(C)=O)[C@H]1O. The monoisotopic (exact) mass is 478 g/mol. The zero-order valence-electron chi connectivity index (χ0n) is 19.7. The number of aliphatic hydroxyl groups is 2. The zero-order valence-corrected chi connectivity index (χ0v) is 19.7. The molecule has 3 aromatic rings. The second kappa shape index (κ2) is 11.1. The number of hydrogen-bond donors (Lipinski definition) is 2. The molecule has 7 nitrogen and oxygen atoms in total. The molecule has 7 heteroatoms. The first kappa shape index (κ1) is 25.0. The van der Waals surface area contributed by atoms with E-state index >= 15 is 0 Å². The van der Waals surface area contributed by atoms with Gasteiger partial charge in [-0.25, -0.2) is 0 Å². The summed E-state index contributed by atoms with van der Waals surface area (Å²) < 4.78 is 23.0. The van der Waals surface area contributed by atoms with Gasteiger partial charge < -0.3 is 29.2 Å². The van der Waals surface area contributed by atoms with Crippen LogP contribution in [0.1, 0.15) is 23.6 Å². The number of hydrogen-bond acceptors (Lipinski definition) is 7. The Labute approximate surface area is 204 Å². The van der Waals surface area contributed by atoms with Gasteiger partial charge in [-0.2, -0.15) is 0 Å². The highest BCUT2D eigenvalue weighted by atomic mass is 16.7. The van der Waals surface area contributed by atoms with E-state index in [4.69, 9.17) is 18.9 Å². The Bertz CT molecular complexity index is 978. The van der Waals surface area contributed by atoms with Gasteiger partial charge in [0.1, 0.15) is 23.9 Å². The van der Waals surface area contributed by atoms with Crippen molar-refractivity contribution in [2.24, 2.45) is 0 Å². The summed E-state index contributed by atoms with van der Waals surface area (Å²) in [7, 11) is 1.37. The molecule has 1 aliphatic heterocycles. The van der Waals surface area contributed by atoms with E-state index in [0.29, 0.717) is 0 Å². The second-order valence-electron chi connectivity index (χ2n) is 8.42. The Morgan fingerprint density at radius 3 is 1.69 bits per heavy atom. The average molecular weight is 479 g/mol. The van der Waals surface area contributed by atoms with Gasteiger partial charge in [-0.05, 0) is 16.7 Å². The van der Waals surface area contributed by atoms with Gasteiger partial charge in [0.15, 0.2) is 12.4 Å². The molecule has 1 aliphatic rings. The molecular formula is C28H30O7. The lowest BCUT2D eigenvalue weighted by Crippen LogP contribution is -2.60. The van der Waals surface area contributed by atoms with Gasteiger partial charge in [0.05, 0.1) is 6.61 Å². The number of methoxy groups -OCH3 is 1. The highest BCUT2D eigenvalue weighted by Crippen LogP contribution is 2.41. The van der Waals surface area contributed by atoms with Crippen LogP contribution >= 0.6 is 0 Å². The fourth-order valence-corrected chi connectivity index (χ4v) is 4.54. The molecule has 0 aliphatic carbocycles. The first-order chi connectivity index (χ1) is 17.0. The number of benzene rings is 3. The lowest BCUT2D eigenvalue weighted by atomic mass is 9.80. The molecule has 0 aromatic heterocycles. The van der Waals surface area contributed by atoms with E-state index in [-0.39, 0.29) is 6.61 Å². The van der Waals surface area contributed by atoms with Crippen molar-refractivity contribution in [3.05, 3.63) is 108 Å². The second-order valence-corrected chi connectivity index (χ2v) is 8.42. The third-order valence-electron chi connectivity index (χ3n) is 6.18. The maximum Gasteiger partial charge on any atom is 0.303 e. The van der Waals surface area contributed by atoms with Gasteiger partial charge in [-0.3, -0.25) is 4.79 Å². The molecule has 35 heavy (non-hydrogen) atoms. The topological polar surface area (TPSA) is 94.5 Å². The number of carbonyl (C=O) groups excluding carboxylic acids is 1. The fourth-order valence-electron chi connectivity index (χ4n) is 4.54. The zero-order chi connectivity index (χ0) is 24.8. The van der Waals surface area contributed by atoms with E-state index in [1.807, 2.05) is 91.0 Å². The minimum atomic E-state index is -1.35. The normalized spacial score (nSPS) is 24.6. The van der Waals surface area contributed by atoms with E-state index in [9.17, 15) is 15.0 Å². The predicted octanol–water partition coefficient (Wildman–Crippen LogP) is 3.02. The summed E-state index contributed by atoms with van der Waals surface area (Å²) in [5.41, 5.74) is 1.65. The van der Waals surface area contributed by atoms with Crippen molar-refractivity contribution >= 4 is 5.97 Å². The number of esters is 1.